The van der Waals surface area contributed by atoms with E-state index in [0.29, 0.717) is 16.3 Å². The van der Waals surface area contributed by atoms with Gasteiger partial charge in [0.1, 0.15) is 11.6 Å². The molecule has 0 bridgehead atoms. The van der Waals surface area contributed by atoms with Crippen molar-refractivity contribution in [2.45, 2.75) is 11.8 Å². The third kappa shape index (κ3) is 4.20. The number of benzene rings is 2. The summed E-state index contributed by atoms with van der Waals surface area (Å²) in [6.45, 7) is 0. The van der Waals surface area contributed by atoms with E-state index in [-0.39, 0.29) is 0 Å². The van der Waals surface area contributed by atoms with E-state index in [1.807, 2.05) is 24.3 Å². The van der Waals surface area contributed by atoms with E-state index in [4.69, 9.17) is 17.3 Å². The van der Waals surface area contributed by atoms with Gasteiger partial charge >= 0.3 is 0 Å². The fourth-order valence-electron chi connectivity index (χ4n) is 1.78. The first-order chi connectivity index (χ1) is 9.56. The van der Waals surface area contributed by atoms with Crippen LogP contribution in [0.2, 0.25) is 5.02 Å². The maximum absolute atomic E-state index is 13.6. The molecular weight excluding hydrogens is 300 g/mol. The second-order valence-corrected chi connectivity index (χ2v) is 5.88. The van der Waals surface area contributed by atoms with E-state index >= 15 is 0 Å². The van der Waals surface area contributed by atoms with Gasteiger partial charge in [0, 0.05) is 34.2 Å². The Morgan fingerprint density at radius 2 is 1.80 bits per heavy atom. The van der Waals surface area contributed by atoms with Gasteiger partial charge in [-0.1, -0.05) is 29.8 Å². The third-order valence-electron chi connectivity index (χ3n) is 2.84. The van der Waals surface area contributed by atoms with Crippen molar-refractivity contribution in [3.05, 3.63) is 70.2 Å². The van der Waals surface area contributed by atoms with Crippen molar-refractivity contribution < 1.29 is 8.78 Å². The molecule has 0 radical (unpaired) electrons. The zero-order valence-corrected chi connectivity index (χ0v) is 12.2. The molecule has 0 aliphatic carbocycles. The summed E-state index contributed by atoms with van der Waals surface area (Å²) in [7, 11) is 0. The van der Waals surface area contributed by atoms with Gasteiger partial charge in [-0.15, -0.1) is 0 Å². The molecule has 1 atom stereocenters. The SMILES string of the molecule is NC(CSCc1ccc(Cl)cc1)c1ccc(F)cc1F. The maximum atomic E-state index is 13.6. The lowest BCUT2D eigenvalue weighted by Crippen LogP contribution is -2.15. The predicted molar refractivity (Wildman–Crippen MR) is 80.9 cm³/mol. The lowest BCUT2D eigenvalue weighted by atomic mass is 10.1. The molecule has 2 aromatic rings. The maximum Gasteiger partial charge on any atom is 0.130 e. The molecule has 0 aromatic heterocycles. The average molecular weight is 314 g/mol. The summed E-state index contributed by atoms with van der Waals surface area (Å²) in [5, 5.41) is 0.698. The fourth-order valence-corrected chi connectivity index (χ4v) is 2.88. The molecule has 106 valence electrons. The molecule has 2 aromatic carbocycles. The van der Waals surface area contributed by atoms with Gasteiger partial charge in [-0.2, -0.15) is 11.8 Å². The Hall–Kier alpha value is -1.10. The molecule has 0 heterocycles. The van der Waals surface area contributed by atoms with Crippen LogP contribution in [0.15, 0.2) is 42.5 Å². The summed E-state index contributed by atoms with van der Waals surface area (Å²) < 4.78 is 26.4. The highest BCUT2D eigenvalue weighted by molar-refractivity contribution is 7.98. The molecular formula is C15H14ClF2NS. The molecule has 0 spiro atoms. The second kappa shape index (κ2) is 7.07. The Morgan fingerprint density at radius 3 is 2.45 bits per heavy atom. The number of hydrogen-bond acceptors (Lipinski definition) is 2. The van der Waals surface area contributed by atoms with Crippen molar-refractivity contribution in [1.82, 2.24) is 0 Å². The Bertz CT molecular complexity index is 575. The van der Waals surface area contributed by atoms with Gasteiger partial charge in [0.15, 0.2) is 0 Å². The van der Waals surface area contributed by atoms with Crippen molar-refractivity contribution in [3.63, 3.8) is 0 Å². The molecule has 2 rings (SSSR count). The van der Waals surface area contributed by atoms with Gasteiger partial charge in [0.05, 0.1) is 0 Å². The standard InChI is InChI=1S/C15H14ClF2NS/c16-11-3-1-10(2-4-11)8-20-9-15(19)13-6-5-12(17)7-14(13)18/h1-7,15H,8-9,19H2. The Balaban J connectivity index is 1.88. The highest BCUT2D eigenvalue weighted by Gasteiger charge is 2.12. The van der Waals surface area contributed by atoms with Gasteiger partial charge < -0.3 is 5.73 Å². The van der Waals surface area contributed by atoms with Gasteiger partial charge in [-0.3, -0.25) is 0 Å². The zero-order valence-electron chi connectivity index (χ0n) is 10.7. The van der Waals surface area contributed by atoms with Crippen molar-refractivity contribution in [2.24, 2.45) is 5.73 Å². The van der Waals surface area contributed by atoms with Crippen molar-refractivity contribution in [3.8, 4) is 0 Å². The van der Waals surface area contributed by atoms with Gasteiger partial charge in [0.2, 0.25) is 0 Å². The number of rotatable bonds is 5. The van der Waals surface area contributed by atoms with E-state index < -0.39 is 17.7 Å². The normalized spacial score (nSPS) is 12.4. The van der Waals surface area contributed by atoms with Crippen molar-refractivity contribution in [2.75, 3.05) is 5.75 Å². The van der Waals surface area contributed by atoms with E-state index in [9.17, 15) is 8.78 Å². The van der Waals surface area contributed by atoms with Gasteiger partial charge in [0.25, 0.3) is 0 Å². The largest absolute Gasteiger partial charge is 0.323 e. The molecule has 1 nitrogen and oxygen atoms in total. The highest BCUT2D eigenvalue weighted by Crippen LogP contribution is 2.22. The lowest BCUT2D eigenvalue weighted by Gasteiger charge is -2.12. The summed E-state index contributed by atoms with van der Waals surface area (Å²) in [4.78, 5) is 0. The van der Waals surface area contributed by atoms with Crippen LogP contribution in [0.25, 0.3) is 0 Å². The first-order valence-corrected chi connectivity index (χ1v) is 7.62. The van der Waals surface area contributed by atoms with E-state index in [1.54, 1.807) is 11.8 Å². The third-order valence-corrected chi connectivity index (χ3v) is 4.23. The number of halogens is 3. The zero-order chi connectivity index (χ0) is 14.5. The van der Waals surface area contributed by atoms with Crippen LogP contribution in [-0.4, -0.2) is 5.75 Å². The van der Waals surface area contributed by atoms with Crippen LogP contribution in [-0.2, 0) is 5.75 Å². The molecule has 0 aliphatic rings. The van der Waals surface area contributed by atoms with Crippen molar-refractivity contribution in [1.29, 1.82) is 0 Å². The summed E-state index contributed by atoms with van der Waals surface area (Å²) in [5.41, 5.74) is 7.40. The van der Waals surface area contributed by atoms with Crippen LogP contribution < -0.4 is 5.73 Å². The van der Waals surface area contributed by atoms with Crippen LogP contribution in [0.4, 0.5) is 8.78 Å². The predicted octanol–water partition coefficient (Wildman–Crippen LogP) is 4.55. The van der Waals surface area contributed by atoms with Crippen LogP contribution in [0, 0.1) is 11.6 Å². The summed E-state index contributed by atoms with van der Waals surface area (Å²) in [6, 6.07) is 10.6. The molecule has 0 aliphatic heterocycles. The van der Waals surface area contributed by atoms with Crippen LogP contribution in [0.3, 0.4) is 0 Å². The van der Waals surface area contributed by atoms with E-state index in [1.165, 1.54) is 12.1 Å². The van der Waals surface area contributed by atoms with Gasteiger partial charge in [-0.25, -0.2) is 8.78 Å². The minimum atomic E-state index is -0.593. The number of thioether (sulfide) groups is 1. The highest BCUT2D eigenvalue weighted by atomic mass is 35.5. The Labute approximate surface area is 126 Å². The van der Waals surface area contributed by atoms with Crippen LogP contribution >= 0.6 is 23.4 Å². The summed E-state index contributed by atoms with van der Waals surface area (Å²) in [5.74, 6) is 0.149. The molecule has 0 amide bonds. The molecule has 20 heavy (non-hydrogen) atoms. The minimum absolute atomic E-state index is 0.343. The molecule has 1 unspecified atom stereocenters. The quantitative estimate of drug-likeness (QED) is 0.876. The second-order valence-electron chi connectivity index (χ2n) is 4.41. The molecule has 0 saturated carbocycles. The summed E-state index contributed by atoms with van der Waals surface area (Å²) in [6.07, 6.45) is 0. The van der Waals surface area contributed by atoms with Gasteiger partial charge in [-0.05, 0) is 23.8 Å². The van der Waals surface area contributed by atoms with Crippen LogP contribution in [0.1, 0.15) is 17.2 Å². The smallest absolute Gasteiger partial charge is 0.130 e. The fraction of sp³-hybridized carbons (Fsp3) is 0.200. The van der Waals surface area contributed by atoms with E-state index in [0.717, 1.165) is 17.4 Å². The molecule has 5 heteroatoms. The molecule has 0 saturated heterocycles. The van der Waals surface area contributed by atoms with Crippen LogP contribution in [0.5, 0.6) is 0 Å². The number of nitrogens with two attached hydrogens (primary N) is 1. The topological polar surface area (TPSA) is 26.0 Å². The minimum Gasteiger partial charge on any atom is -0.323 e. The summed E-state index contributed by atoms with van der Waals surface area (Å²) >= 11 is 7.41. The monoisotopic (exact) mass is 313 g/mol. The lowest BCUT2D eigenvalue weighted by molar-refractivity contribution is 0.563. The Kier molecular flexibility index (Phi) is 5.40. The Morgan fingerprint density at radius 1 is 1.10 bits per heavy atom. The molecule has 0 fully saturated rings. The molecule has 2 N–H and O–H groups in total. The average Bonchev–Trinajstić information content (AvgIpc) is 2.41. The first-order valence-electron chi connectivity index (χ1n) is 6.09. The first kappa shape index (κ1) is 15.3. The number of hydrogen-bond donors (Lipinski definition) is 1. The van der Waals surface area contributed by atoms with E-state index in [2.05, 4.69) is 0 Å². The van der Waals surface area contributed by atoms with Crippen molar-refractivity contribution >= 4 is 23.4 Å².